The lowest BCUT2D eigenvalue weighted by molar-refractivity contribution is 0.186. The van der Waals surface area contributed by atoms with Crippen molar-refractivity contribution in [3.8, 4) is 0 Å². The van der Waals surface area contributed by atoms with Gasteiger partial charge in [0.15, 0.2) is 0 Å². The summed E-state index contributed by atoms with van der Waals surface area (Å²) >= 11 is 0. The average molecular weight is 157 g/mol. The van der Waals surface area contributed by atoms with Crippen molar-refractivity contribution < 1.29 is 0 Å². The maximum atomic E-state index is 3.39. The van der Waals surface area contributed by atoms with Gasteiger partial charge in [-0.3, -0.25) is 9.80 Å². The van der Waals surface area contributed by atoms with E-state index in [2.05, 4.69) is 29.2 Å². The summed E-state index contributed by atoms with van der Waals surface area (Å²) in [7, 11) is 4.25. The molecule has 0 bridgehead atoms. The van der Waals surface area contributed by atoms with E-state index in [1.165, 1.54) is 26.1 Å². The van der Waals surface area contributed by atoms with E-state index in [-0.39, 0.29) is 0 Å². The Hall–Kier alpha value is -0.120. The van der Waals surface area contributed by atoms with Gasteiger partial charge in [0.1, 0.15) is 0 Å². The fraction of sp³-hybridized carbons (Fsp3) is 1.00. The van der Waals surface area contributed by atoms with E-state index >= 15 is 0 Å². The van der Waals surface area contributed by atoms with Crippen molar-refractivity contribution in [1.82, 2.24) is 15.1 Å². The Labute approximate surface area is 69.4 Å². The minimum Gasteiger partial charge on any atom is -0.315 e. The molecule has 1 rings (SSSR count). The predicted octanol–water partition coefficient (Wildman–Crippen LogP) is -0.199. The van der Waals surface area contributed by atoms with Crippen LogP contribution in [0.5, 0.6) is 0 Å². The average Bonchev–Trinajstić information content (AvgIpc) is 2.14. The number of nitrogens with one attached hydrogen (secondary N) is 1. The first-order chi connectivity index (χ1) is 5.29. The molecular weight excluding hydrogens is 138 g/mol. The first kappa shape index (κ1) is 8.97. The van der Waals surface area contributed by atoms with E-state index in [4.69, 9.17) is 0 Å². The molecule has 0 amide bonds. The third-order valence-corrected chi connectivity index (χ3v) is 1.92. The van der Waals surface area contributed by atoms with Gasteiger partial charge in [0.25, 0.3) is 0 Å². The summed E-state index contributed by atoms with van der Waals surface area (Å²) in [6.45, 7) is 5.86. The molecule has 11 heavy (non-hydrogen) atoms. The summed E-state index contributed by atoms with van der Waals surface area (Å²) in [5.74, 6) is 0. The van der Waals surface area contributed by atoms with Gasteiger partial charge < -0.3 is 5.32 Å². The highest BCUT2D eigenvalue weighted by molar-refractivity contribution is 4.64. The molecule has 0 aromatic carbocycles. The van der Waals surface area contributed by atoms with Crippen molar-refractivity contribution in [2.75, 3.05) is 46.9 Å². The maximum absolute atomic E-state index is 3.39. The summed E-state index contributed by atoms with van der Waals surface area (Å²) in [4.78, 5) is 4.71. The van der Waals surface area contributed by atoms with Gasteiger partial charge in [-0.25, -0.2) is 0 Å². The van der Waals surface area contributed by atoms with Gasteiger partial charge in [-0.2, -0.15) is 0 Å². The second kappa shape index (κ2) is 4.70. The van der Waals surface area contributed by atoms with Crippen LogP contribution < -0.4 is 5.32 Å². The van der Waals surface area contributed by atoms with Crippen LogP contribution in [-0.2, 0) is 0 Å². The quantitative estimate of drug-likeness (QED) is 0.599. The van der Waals surface area contributed by atoms with Crippen LogP contribution in [0, 0.1) is 0 Å². The lowest BCUT2D eigenvalue weighted by Gasteiger charge is -2.23. The van der Waals surface area contributed by atoms with Crippen LogP contribution >= 0.6 is 0 Å². The monoisotopic (exact) mass is 157 g/mol. The molecule has 3 nitrogen and oxygen atoms in total. The molecule has 1 saturated heterocycles. The summed E-state index contributed by atoms with van der Waals surface area (Å²) in [5, 5.41) is 3.39. The van der Waals surface area contributed by atoms with E-state index in [9.17, 15) is 0 Å². The fourth-order valence-electron chi connectivity index (χ4n) is 1.44. The third-order valence-electron chi connectivity index (χ3n) is 1.92. The maximum Gasteiger partial charge on any atom is 0.0501 e. The van der Waals surface area contributed by atoms with Gasteiger partial charge in [-0.05, 0) is 27.1 Å². The molecular formula is C8H19N3. The van der Waals surface area contributed by atoms with Crippen molar-refractivity contribution in [2.45, 2.75) is 6.42 Å². The second-order valence-corrected chi connectivity index (χ2v) is 3.44. The first-order valence-electron chi connectivity index (χ1n) is 4.37. The molecule has 3 heteroatoms. The van der Waals surface area contributed by atoms with Gasteiger partial charge in [0, 0.05) is 19.6 Å². The van der Waals surface area contributed by atoms with E-state index in [0.717, 1.165) is 13.2 Å². The molecule has 1 heterocycles. The molecule has 66 valence electrons. The number of hydrogen-bond acceptors (Lipinski definition) is 3. The molecule has 1 fully saturated rings. The van der Waals surface area contributed by atoms with E-state index < -0.39 is 0 Å². The van der Waals surface area contributed by atoms with Gasteiger partial charge in [-0.15, -0.1) is 0 Å². The molecule has 0 aliphatic carbocycles. The van der Waals surface area contributed by atoms with Crippen LogP contribution in [0.3, 0.4) is 0 Å². The summed E-state index contributed by atoms with van der Waals surface area (Å²) in [6, 6.07) is 0. The zero-order valence-electron chi connectivity index (χ0n) is 7.64. The summed E-state index contributed by atoms with van der Waals surface area (Å²) in [5.41, 5.74) is 0. The van der Waals surface area contributed by atoms with Crippen LogP contribution in [0.1, 0.15) is 6.42 Å². The van der Waals surface area contributed by atoms with Crippen LogP contribution in [0.2, 0.25) is 0 Å². The van der Waals surface area contributed by atoms with Crippen molar-refractivity contribution in [2.24, 2.45) is 0 Å². The normalized spacial score (nSPS) is 22.1. The highest BCUT2D eigenvalue weighted by atomic mass is 15.3. The van der Waals surface area contributed by atoms with Crippen LogP contribution in [0.25, 0.3) is 0 Å². The molecule has 0 atom stereocenters. The molecule has 1 aliphatic heterocycles. The Balaban J connectivity index is 2.20. The third kappa shape index (κ3) is 3.70. The molecule has 1 aliphatic rings. The molecule has 0 aromatic rings. The van der Waals surface area contributed by atoms with Gasteiger partial charge >= 0.3 is 0 Å². The second-order valence-electron chi connectivity index (χ2n) is 3.44. The van der Waals surface area contributed by atoms with Crippen LogP contribution in [-0.4, -0.2) is 56.7 Å². The zero-order chi connectivity index (χ0) is 8.10. The minimum atomic E-state index is 1.10. The molecule has 0 radical (unpaired) electrons. The predicted molar refractivity (Wildman–Crippen MR) is 47.6 cm³/mol. The molecule has 1 N–H and O–H groups in total. The number of hydrogen-bond donors (Lipinski definition) is 1. The highest BCUT2D eigenvalue weighted by Crippen LogP contribution is 1.94. The van der Waals surface area contributed by atoms with E-state index in [1.807, 2.05) is 0 Å². The zero-order valence-corrected chi connectivity index (χ0v) is 7.64. The SMILES string of the molecule is CN(C)CN1CCCNCC1. The highest BCUT2D eigenvalue weighted by Gasteiger charge is 2.07. The van der Waals surface area contributed by atoms with E-state index in [0.29, 0.717) is 0 Å². The minimum absolute atomic E-state index is 1.10. The molecule has 0 aromatic heterocycles. The lowest BCUT2D eigenvalue weighted by Crippen LogP contribution is -2.35. The topological polar surface area (TPSA) is 18.5 Å². The number of nitrogens with zero attached hydrogens (tertiary/aromatic N) is 2. The Bertz CT molecular complexity index is 95.5. The standard InChI is InChI=1S/C8H19N3/c1-10(2)8-11-6-3-4-9-5-7-11/h9H,3-8H2,1-2H3. The van der Waals surface area contributed by atoms with E-state index in [1.54, 1.807) is 0 Å². The van der Waals surface area contributed by atoms with Crippen LogP contribution in [0.15, 0.2) is 0 Å². The molecule has 0 spiro atoms. The Kier molecular flexibility index (Phi) is 3.83. The van der Waals surface area contributed by atoms with Gasteiger partial charge in [0.05, 0.1) is 6.67 Å². The fourth-order valence-corrected chi connectivity index (χ4v) is 1.44. The Morgan fingerprint density at radius 2 is 2.09 bits per heavy atom. The Morgan fingerprint density at radius 3 is 2.82 bits per heavy atom. The van der Waals surface area contributed by atoms with Crippen molar-refractivity contribution >= 4 is 0 Å². The molecule has 0 unspecified atom stereocenters. The van der Waals surface area contributed by atoms with Gasteiger partial charge in [-0.1, -0.05) is 0 Å². The van der Waals surface area contributed by atoms with Crippen LogP contribution in [0.4, 0.5) is 0 Å². The van der Waals surface area contributed by atoms with Crippen molar-refractivity contribution in [1.29, 1.82) is 0 Å². The first-order valence-corrected chi connectivity index (χ1v) is 4.37. The smallest absolute Gasteiger partial charge is 0.0501 e. The number of rotatable bonds is 2. The Morgan fingerprint density at radius 1 is 1.27 bits per heavy atom. The summed E-state index contributed by atoms with van der Waals surface area (Å²) in [6.07, 6.45) is 1.29. The molecule has 0 saturated carbocycles. The van der Waals surface area contributed by atoms with Crippen molar-refractivity contribution in [3.63, 3.8) is 0 Å². The summed E-state index contributed by atoms with van der Waals surface area (Å²) < 4.78 is 0. The largest absolute Gasteiger partial charge is 0.315 e. The van der Waals surface area contributed by atoms with Crippen molar-refractivity contribution in [3.05, 3.63) is 0 Å². The van der Waals surface area contributed by atoms with Gasteiger partial charge in [0.2, 0.25) is 0 Å². The lowest BCUT2D eigenvalue weighted by atomic mass is 10.4.